The number of aliphatic hydroxyl groups excluding tert-OH is 1. The maximum Gasteiger partial charge on any atom is 0.256 e. The van der Waals surface area contributed by atoms with Gasteiger partial charge in [-0.1, -0.05) is 23.4 Å². The van der Waals surface area contributed by atoms with Crippen LogP contribution in [-0.4, -0.2) is 47.8 Å². The number of aliphatic hydroxyl groups is 1. The van der Waals surface area contributed by atoms with Crippen molar-refractivity contribution >= 4 is 30.2 Å². The third kappa shape index (κ3) is 6.07. The minimum absolute atomic E-state index is 0. The molecule has 37 heavy (non-hydrogen) atoms. The first kappa shape index (κ1) is 28.9. The molecule has 2 atom stereocenters. The fourth-order valence-corrected chi connectivity index (χ4v) is 5.89. The molecule has 10 heteroatoms. The van der Waals surface area contributed by atoms with Gasteiger partial charge in [0, 0.05) is 23.7 Å². The van der Waals surface area contributed by atoms with E-state index in [2.05, 4.69) is 21.1 Å². The van der Waals surface area contributed by atoms with Gasteiger partial charge in [-0.25, -0.2) is 13.4 Å². The molecule has 8 nitrogen and oxygen atoms in total. The van der Waals surface area contributed by atoms with Crippen LogP contribution in [0.5, 0.6) is 5.75 Å². The summed E-state index contributed by atoms with van der Waals surface area (Å²) in [6.45, 7) is 17.4. The van der Waals surface area contributed by atoms with E-state index in [1.807, 2.05) is 57.1 Å². The van der Waals surface area contributed by atoms with Gasteiger partial charge in [0.05, 0.1) is 24.0 Å². The summed E-state index contributed by atoms with van der Waals surface area (Å²) in [6, 6.07) is 11.2. The maximum atomic E-state index is 13.3. The van der Waals surface area contributed by atoms with Crippen LogP contribution in [-0.2, 0) is 17.4 Å². The van der Waals surface area contributed by atoms with Crippen LogP contribution in [0.2, 0.25) is 0 Å². The van der Waals surface area contributed by atoms with E-state index in [9.17, 15) is 9.32 Å². The molecule has 198 valence electrons. The van der Waals surface area contributed by atoms with E-state index in [0.29, 0.717) is 35.3 Å². The Balaban J connectivity index is 0.00000380. The number of aromatic nitrogens is 2. The van der Waals surface area contributed by atoms with E-state index in [1.165, 1.54) is 0 Å². The molecular weight excluding hydrogens is 508 g/mol. The molecule has 4 rings (SSSR count). The Labute approximate surface area is 227 Å². The summed E-state index contributed by atoms with van der Waals surface area (Å²) in [5.41, 5.74) is 4.10. The van der Waals surface area contributed by atoms with Crippen LogP contribution in [0.3, 0.4) is 0 Å². The molecule has 0 saturated carbocycles. The third-order valence-corrected chi connectivity index (χ3v) is 7.91. The quantitative estimate of drug-likeness (QED) is 0.373. The van der Waals surface area contributed by atoms with Crippen LogP contribution in [0.25, 0.3) is 27.7 Å². The Bertz CT molecular complexity index is 1310. The molecule has 0 saturated heterocycles. The van der Waals surface area contributed by atoms with Crippen molar-refractivity contribution < 1.29 is 18.6 Å². The molecule has 1 N–H and O–H groups in total. The summed E-state index contributed by atoms with van der Waals surface area (Å²) in [5.74, 6) is 1.32. The number of ether oxygens (including phenoxy) is 1. The highest BCUT2D eigenvalue weighted by Crippen LogP contribution is 2.42. The molecule has 0 radical (unpaired) electrons. The van der Waals surface area contributed by atoms with Crippen molar-refractivity contribution in [2.45, 2.75) is 64.4 Å². The van der Waals surface area contributed by atoms with Crippen molar-refractivity contribution in [1.82, 2.24) is 14.4 Å². The molecule has 1 heterocycles. The van der Waals surface area contributed by atoms with Gasteiger partial charge in [-0.15, -0.1) is 0 Å². The van der Waals surface area contributed by atoms with Gasteiger partial charge in [0.15, 0.2) is 0 Å². The van der Waals surface area contributed by atoms with Crippen molar-refractivity contribution in [3.05, 3.63) is 58.9 Å². The standard InChI is InChI=1S/C27H32N4O4S.H2S/c1-17(2)34-24-13-10-18(16-22(24)28-6)26-29-25(30-35-26)21-9-7-8-20-19(21)11-12-23(20)31(14-15-32)36(33)27(3,4)5;/h7-10,13,16-17,23,32H,11-12,14-15H2,1-5H3;1H2/t23-,36-;/m0./s1. The lowest BCUT2D eigenvalue weighted by molar-refractivity contribution is 0.230. The summed E-state index contributed by atoms with van der Waals surface area (Å²) in [6.07, 6.45) is 1.54. The van der Waals surface area contributed by atoms with E-state index in [-0.39, 0.29) is 32.2 Å². The van der Waals surface area contributed by atoms with Gasteiger partial charge in [-0.3, -0.25) is 0 Å². The average molecular weight is 543 g/mol. The van der Waals surface area contributed by atoms with Gasteiger partial charge >= 0.3 is 0 Å². The van der Waals surface area contributed by atoms with Crippen LogP contribution in [0, 0.1) is 6.57 Å². The lowest BCUT2D eigenvalue weighted by Gasteiger charge is -2.33. The Kier molecular flexibility index (Phi) is 9.18. The van der Waals surface area contributed by atoms with Crippen LogP contribution >= 0.6 is 13.5 Å². The zero-order valence-electron chi connectivity index (χ0n) is 21.8. The summed E-state index contributed by atoms with van der Waals surface area (Å²) in [5, 5.41) is 13.9. The van der Waals surface area contributed by atoms with Crippen molar-refractivity contribution in [2.24, 2.45) is 0 Å². The fourth-order valence-electron chi connectivity index (χ4n) is 4.49. The summed E-state index contributed by atoms with van der Waals surface area (Å²) in [7, 11) is -1.26. The number of hydrogen-bond donors (Lipinski definition) is 1. The summed E-state index contributed by atoms with van der Waals surface area (Å²) < 4.78 is 26.0. The van der Waals surface area contributed by atoms with E-state index in [4.69, 9.17) is 15.8 Å². The van der Waals surface area contributed by atoms with E-state index < -0.39 is 15.7 Å². The maximum absolute atomic E-state index is 13.3. The van der Waals surface area contributed by atoms with Crippen molar-refractivity contribution in [3.63, 3.8) is 0 Å². The Morgan fingerprint density at radius 3 is 2.70 bits per heavy atom. The first-order valence-corrected chi connectivity index (χ1v) is 13.2. The van der Waals surface area contributed by atoms with Gasteiger partial charge in [-0.05, 0) is 76.8 Å². The van der Waals surface area contributed by atoms with Crippen molar-refractivity contribution in [3.8, 4) is 28.6 Å². The highest BCUT2D eigenvalue weighted by atomic mass is 32.2. The third-order valence-electron chi connectivity index (χ3n) is 6.00. The van der Waals surface area contributed by atoms with E-state index in [1.54, 1.807) is 12.1 Å². The van der Waals surface area contributed by atoms with E-state index >= 15 is 0 Å². The van der Waals surface area contributed by atoms with Gasteiger partial charge in [-0.2, -0.15) is 18.5 Å². The Morgan fingerprint density at radius 1 is 1.30 bits per heavy atom. The first-order valence-electron chi connectivity index (χ1n) is 12.1. The van der Waals surface area contributed by atoms with Gasteiger partial charge in [0.2, 0.25) is 11.5 Å². The van der Waals surface area contributed by atoms with Crippen molar-refractivity contribution in [1.29, 1.82) is 0 Å². The second-order valence-corrected chi connectivity index (χ2v) is 12.2. The first-order chi connectivity index (χ1) is 17.1. The molecule has 1 aliphatic rings. The smallest absolute Gasteiger partial charge is 0.256 e. The van der Waals surface area contributed by atoms with Crippen LogP contribution in [0.1, 0.15) is 58.2 Å². The largest absolute Gasteiger partial charge is 0.502 e. The molecule has 0 spiro atoms. The molecule has 2 aromatic carbocycles. The Morgan fingerprint density at radius 2 is 2.05 bits per heavy atom. The second kappa shape index (κ2) is 11.8. The fraction of sp³-hybridized carbons (Fsp3) is 0.444. The highest BCUT2D eigenvalue weighted by molar-refractivity contribution is 7.84. The number of fused-ring (bicyclic) bond motifs is 1. The zero-order chi connectivity index (χ0) is 26.0. The molecule has 3 aromatic rings. The lowest BCUT2D eigenvalue weighted by atomic mass is 10.0. The molecule has 0 fully saturated rings. The van der Waals surface area contributed by atoms with Crippen molar-refractivity contribution in [2.75, 3.05) is 13.2 Å². The van der Waals surface area contributed by atoms with Gasteiger partial charge < -0.3 is 14.4 Å². The molecule has 1 aromatic heterocycles. The molecule has 0 amide bonds. The average Bonchev–Trinajstić information content (AvgIpc) is 3.49. The number of nitrogens with zero attached hydrogens (tertiary/aromatic N) is 4. The molecular formula is C27H34N4O4S2. The topological polar surface area (TPSA) is 93.1 Å². The molecule has 0 unspecified atom stereocenters. The predicted molar refractivity (Wildman–Crippen MR) is 150 cm³/mol. The second-order valence-electron chi connectivity index (χ2n) is 10.0. The summed E-state index contributed by atoms with van der Waals surface area (Å²) >= 11 is 0. The van der Waals surface area contributed by atoms with Crippen LogP contribution in [0.15, 0.2) is 40.9 Å². The minimum Gasteiger partial charge on any atom is -0.502 e. The number of hydrogen-bond acceptors (Lipinski definition) is 6. The summed E-state index contributed by atoms with van der Waals surface area (Å²) in [4.78, 5) is 8.22. The highest BCUT2D eigenvalue weighted by Gasteiger charge is 2.36. The molecule has 0 bridgehead atoms. The minimum atomic E-state index is -1.26. The van der Waals surface area contributed by atoms with Crippen LogP contribution in [0.4, 0.5) is 5.69 Å². The zero-order valence-corrected chi connectivity index (χ0v) is 23.6. The van der Waals surface area contributed by atoms with Gasteiger partial charge in [0.25, 0.3) is 5.89 Å². The molecule has 1 aliphatic carbocycles. The predicted octanol–water partition coefficient (Wildman–Crippen LogP) is 5.60. The SMILES string of the molecule is S.[C-]#[N+]c1cc(-c2nc(-c3cccc4c3CC[C@@H]4N(CCO)[S@@](=O)C(C)(C)C)no2)ccc1OC(C)C. The normalized spacial score (nSPS) is 15.8. The lowest BCUT2D eigenvalue weighted by Crippen LogP contribution is -2.40. The van der Waals surface area contributed by atoms with E-state index in [0.717, 1.165) is 29.5 Å². The Hall–Kier alpha value is -2.71. The number of benzene rings is 2. The van der Waals surface area contributed by atoms with Gasteiger partial charge in [0.1, 0.15) is 16.7 Å². The number of rotatable bonds is 8. The monoisotopic (exact) mass is 542 g/mol. The molecule has 0 aliphatic heterocycles. The van der Waals surface area contributed by atoms with Crippen LogP contribution < -0.4 is 4.74 Å².